The number of allylic oxidation sites excluding steroid dienone is 2. The second kappa shape index (κ2) is 19.7. The summed E-state index contributed by atoms with van der Waals surface area (Å²) < 4.78 is 22.7. The number of fused-ring (bicyclic) bond motifs is 1. The number of benzene rings is 2. The van der Waals surface area contributed by atoms with E-state index < -0.39 is 29.7 Å². The standard InChI is InChI=1S/C40H49N5O10/c46-33-25-29(28-5-2-1-3-6-28)26-34(47)31(33)27-41-11-12-43-13-15-44(16-14-43)17-18-52-19-20-53-21-22-54-23-24-55-35-8-4-7-30-37(35)40(51)45(39(30)50)32-9-10-36(48)42-38(32)49/h1-8,27,29,32,46H,9-26H2,(H,42,48,49). The van der Waals surface area contributed by atoms with Gasteiger partial charge in [0.2, 0.25) is 11.8 Å². The molecule has 6 rings (SSSR count). The zero-order valence-corrected chi connectivity index (χ0v) is 31.0. The third-order valence-electron chi connectivity index (χ3n) is 10.2. The molecule has 2 aromatic carbocycles. The van der Waals surface area contributed by atoms with E-state index in [1.54, 1.807) is 18.3 Å². The van der Waals surface area contributed by atoms with E-state index in [1.165, 1.54) is 6.07 Å². The Morgan fingerprint density at radius 1 is 0.764 bits per heavy atom. The molecular formula is C40H49N5O10. The molecule has 0 saturated carbocycles. The lowest BCUT2D eigenvalue weighted by Gasteiger charge is -2.34. The number of ketones is 1. The Bertz CT molecular complexity index is 1760. The number of nitrogens with one attached hydrogen (secondary N) is 1. The number of aliphatic imine (C=N–C) groups is 1. The molecule has 15 heteroatoms. The van der Waals surface area contributed by atoms with Crippen molar-refractivity contribution in [1.29, 1.82) is 0 Å². The summed E-state index contributed by atoms with van der Waals surface area (Å²) in [7, 11) is 0. The highest BCUT2D eigenvalue weighted by molar-refractivity contribution is 6.24. The van der Waals surface area contributed by atoms with Gasteiger partial charge in [-0.15, -0.1) is 0 Å². The van der Waals surface area contributed by atoms with Gasteiger partial charge in [-0.2, -0.15) is 0 Å². The van der Waals surface area contributed by atoms with Crippen LogP contribution in [-0.4, -0.2) is 154 Å². The Balaban J connectivity index is 0.763. The molecule has 0 aromatic heterocycles. The van der Waals surface area contributed by atoms with E-state index in [2.05, 4.69) is 20.1 Å². The minimum Gasteiger partial charge on any atom is -0.511 e. The Kier molecular flexibility index (Phi) is 14.3. The summed E-state index contributed by atoms with van der Waals surface area (Å²) >= 11 is 0. The number of imide groups is 2. The van der Waals surface area contributed by atoms with Crippen molar-refractivity contribution in [2.45, 2.75) is 37.6 Å². The molecule has 3 aliphatic heterocycles. The summed E-state index contributed by atoms with van der Waals surface area (Å²) in [6.07, 6.45) is 2.53. The van der Waals surface area contributed by atoms with Crippen molar-refractivity contribution in [3.05, 3.63) is 76.6 Å². The van der Waals surface area contributed by atoms with Crippen molar-refractivity contribution in [2.75, 3.05) is 92.1 Å². The number of aliphatic hydroxyl groups is 1. The zero-order chi connectivity index (χ0) is 38.6. The molecule has 2 N–H and O–H groups in total. The van der Waals surface area contributed by atoms with Gasteiger partial charge in [0.15, 0.2) is 5.78 Å². The van der Waals surface area contributed by atoms with Crippen LogP contribution in [0.2, 0.25) is 0 Å². The van der Waals surface area contributed by atoms with Crippen molar-refractivity contribution in [1.82, 2.24) is 20.0 Å². The number of amides is 4. The molecule has 2 saturated heterocycles. The summed E-state index contributed by atoms with van der Waals surface area (Å²) in [4.78, 5) is 72.7. The average molecular weight is 760 g/mol. The Morgan fingerprint density at radius 2 is 1.44 bits per heavy atom. The van der Waals surface area contributed by atoms with Crippen LogP contribution in [0.1, 0.15) is 57.9 Å². The first kappa shape index (κ1) is 39.9. The summed E-state index contributed by atoms with van der Waals surface area (Å²) in [6, 6.07) is 13.5. The predicted octanol–water partition coefficient (Wildman–Crippen LogP) is 2.16. The van der Waals surface area contributed by atoms with E-state index in [0.717, 1.165) is 49.7 Å². The molecule has 2 aromatic rings. The number of piperidine rings is 1. The van der Waals surface area contributed by atoms with Crippen molar-refractivity contribution in [2.24, 2.45) is 4.99 Å². The van der Waals surface area contributed by atoms with Crippen molar-refractivity contribution in [3.8, 4) is 5.75 Å². The number of hydrogen-bond acceptors (Lipinski definition) is 13. The number of ether oxygens (including phenoxy) is 4. The quantitative estimate of drug-likeness (QED) is 0.122. The summed E-state index contributed by atoms with van der Waals surface area (Å²) in [5.41, 5.74) is 1.68. The molecule has 0 spiro atoms. The Hall–Kier alpha value is -4.80. The summed E-state index contributed by atoms with van der Waals surface area (Å²) in [6.45, 7) is 8.61. The lowest BCUT2D eigenvalue weighted by atomic mass is 9.83. The molecule has 2 unspecified atom stereocenters. The van der Waals surface area contributed by atoms with E-state index in [-0.39, 0.29) is 60.4 Å². The topological polar surface area (TPSA) is 177 Å². The molecule has 1 aliphatic carbocycles. The van der Waals surface area contributed by atoms with E-state index in [0.29, 0.717) is 58.0 Å². The molecule has 0 bridgehead atoms. The molecule has 2 fully saturated rings. The van der Waals surface area contributed by atoms with Crippen LogP contribution in [-0.2, 0) is 28.6 Å². The third kappa shape index (κ3) is 10.5. The SMILES string of the molecule is O=C1CCC(N2C(=O)c3cccc(OCCOCCOCCOCCN4CCN(CCN=CC5=C(O)CC(c6ccccc6)CC5=O)CC4)c3C2=O)C(=O)N1. The largest absolute Gasteiger partial charge is 0.511 e. The monoisotopic (exact) mass is 759 g/mol. The Labute approximate surface area is 320 Å². The minimum atomic E-state index is -1.04. The molecule has 2 atom stereocenters. The van der Waals surface area contributed by atoms with Gasteiger partial charge in [-0.05, 0) is 30.0 Å². The third-order valence-corrected chi connectivity index (χ3v) is 10.2. The first-order chi connectivity index (χ1) is 26.8. The predicted molar refractivity (Wildman–Crippen MR) is 200 cm³/mol. The van der Waals surface area contributed by atoms with Crippen LogP contribution < -0.4 is 10.1 Å². The van der Waals surface area contributed by atoms with E-state index in [4.69, 9.17) is 18.9 Å². The van der Waals surface area contributed by atoms with Gasteiger partial charge in [-0.3, -0.25) is 49.0 Å². The normalized spacial score (nSPS) is 21.2. The zero-order valence-electron chi connectivity index (χ0n) is 31.0. The highest BCUT2D eigenvalue weighted by Gasteiger charge is 2.46. The lowest BCUT2D eigenvalue weighted by molar-refractivity contribution is -0.136. The number of nitrogens with zero attached hydrogens (tertiary/aromatic N) is 4. The van der Waals surface area contributed by atoms with E-state index in [9.17, 15) is 29.1 Å². The fourth-order valence-corrected chi connectivity index (χ4v) is 7.16. The molecule has 4 aliphatic rings. The number of Topliss-reactive ketones (excluding diaryl/α,β-unsaturated/α-hetero) is 1. The molecule has 4 amide bonds. The maximum Gasteiger partial charge on any atom is 0.266 e. The number of carbonyl (C=O) groups is 5. The van der Waals surface area contributed by atoms with Gasteiger partial charge in [0.1, 0.15) is 24.2 Å². The van der Waals surface area contributed by atoms with Crippen molar-refractivity contribution in [3.63, 3.8) is 0 Å². The van der Waals surface area contributed by atoms with Gasteiger partial charge >= 0.3 is 0 Å². The van der Waals surface area contributed by atoms with Gasteiger partial charge in [-0.25, -0.2) is 0 Å². The van der Waals surface area contributed by atoms with Crippen LogP contribution in [0.5, 0.6) is 5.75 Å². The maximum absolute atomic E-state index is 13.2. The van der Waals surface area contributed by atoms with Crippen LogP contribution in [0.15, 0.2) is 64.9 Å². The van der Waals surface area contributed by atoms with Gasteiger partial charge < -0.3 is 24.1 Å². The Morgan fingerprint density at radius 3 is 2.13 bits per heavy atom. The fraction of sp³-hybridized carbons (Fsp3) is 0.500. The van der Waals surface area contributed by atoms with Gasteiger partial charge in [0, 0.05) is 64.7 Å². The van der Waals surface area contributed by atoms with Gasteiger partial charge in [0.25, 0.3) is 11.8 Å². The minimum absolute atomic E-state index is 0.00697. The van der Waals surface area contributed by atoms with Crippen LogP contribution in [0.25, 0.3) is 0 Å². The molecular weight excluding hydrogens is 710 g/mol. The van der Waals surface area contributed by atoms with Crippen molar-refractivity contribution < 1.29 is 48.0 Å². The maximum atomic E-state index is 13.2. The number of carbonyl (C=O) groups excluding carboxylic acids is 5. The number of piperazine rings is 1. The second-order valence-electron chi connectivity index (χ2n) is 13.8. The number of aliphatic hydroxyl groups excluding tert-OH is 1. The van der Waals surface area contributed by atoms with Crippen LogP contribution in [0.3, 0.4) is 0 Å². The number of rotatable bonds is 19. The highest BCUT2D eigenvalue weighted by Crippen LogP contribution is 2.34. The highest BCUT2D eigenvalue weighted by atomic mass is 16.6. The summed E-state index contributed by atoms with van der Waals surface area (Å²) in [5.74, 6) is -1.98. The molecule has 55 heavy (non-hydrogen) atoms. The van der Waals surface area contributed by atoms with Gasteiger partial charge in [-0.1, -0.05) is 36.4 Å². The van der Waals surface area contributed by atoms with Gasteiger partial charge in [0.05, 0.1) is 62.9 Å². The average Bonchev–Trinajstić information content (AvgIpc) is 3.44. The first-order valence-electron chi connectivity index (χ1n) is 19.0. The lowest BCUT2D eigenvalue weighted by Crippen LogP contribution is -2.54. The van der Waals surface area contributed by atoms with E-state index in [1.807, 2.05) is 30.3 Å². The molecule has 3 heterocycles. The van der Waals surface area contributed by atoms with Crippen molar-refractivity contribution >= 4 is 35.6 Å². The molecule has 15 nitrogen and oxygen atoms in total. The fourth-order valence-electron chi connectivity index (χ4n) is 7.16. The number of hydrogen-bond donors (Lipinski definition) is 2. The molecule has 294 valence electrons. The smallest absolute Gasteiger partial charge is 0.266 e. The van der Waals surface area contributed by atoms with Crippen LogP contribution in [0.4, 0.5) is 0 Å². The summed E-state index contributed by atoms with van der Waals surface area (Å²) in [5, 5.41) is 12.7. The second-order valence-corrected chi connectivity index (χ2v) is 13.8. The molecule has 0 radical (unpaired) electrons. The van der Waals surface area contributed by atoms with Crippen LogP contribution >= 0.6 is 0 Å². The van der Waals surface area contributed by atoms with E-state index >= 15 is 0 Å². The van der Waals surface area contributed by atoms with Crippen LogP contribution in [0, 0.1) is 0 Å². The first-order valence-corrected chi connectivity index (χ1v) is 19.0.